The van der Waals surface area contributed by atoms with E-state index in [-0.39, 0.29) is 30.3 Å². The van der Waals surface area contributed by atoms with E-state index in [0.717, 1.165) is 5.69 Å². The van der Waals surface area contributed by atoms with Gasteiger partial charge in [-0.25, -0.2) is 5.10 Å². The number of amides is 2. The number of anilines is 1. The molecule has 2 heterocycles. The molecule has 2 amide bonds. The molecule has 28 heavy (non-hydrogen) atoms. The van der Waals surface area contributed by atoms with E-state index < -0.39 is 5.92 Å². The summed E-state index contributed by atoms with van der Waals surface area (Å²) < 4.78 is 0. The molecule has 142 valence electrons. The molecule has 1 unspecified atom stereocenters. The summed E-state index contributed by atoms with van der Waals surface area (Å²) >= 11 is 5.89. The molecule has 1 aliphatic heterocycles. The Morgan fingerprint density at radius 1 is 1.14 bits per heavy atom. The summed E-state index contributed by atoms with van der Waals surface area (Å²) in [5.74, 6) is -0.769. The Morgan fingerprint density at radius 3 is 2.61 bits per heavy atom. The van der Waals surface area contributed by atoms with Crippen molar-refractivity contribution in [1.82, 2.24) is 15.5 Å². The lowest BCUT2D eigenvalue weighted by atomic mass is 10.1. The maximum absolute atomic E-state index is 12.6. The first-order chi connectivity index (χ1) is 13.5. The van der Waals surface area contributed by atoms with Crippen LogP contribution in [0.5, 0.6) is 0 Å². The topological polar surface area (TPSA) is 95.2 Å². The fourth-order valence-corrected chi connectivity index (χ4v) is 3.50. The van der Waals surface area contributed by atoms with Gasteiger partial charge in [0.1, 0.15) is 0 Å². The molecule has 2 aromatic carbocycles. The quantitative estimate of drug-likeness (QED) is 0.707. The number of nitrogens with one attached hydrogen (secondary N) is 2. The number of fused-ring (bicyclic) bond motifs is 1. The van der Waals surface area contributed by atoms with Crippen molar-refractivity contribution in [1.29, 1.82) is 0 Å². The Bertz CT molecular complexity index is 1110. The SMILES string of the molecule is O=C(NCc1n[nH]c(=O)c2ccccc12)C1CC(=O)N(c2ccc(Cl)cc2)C1. The van der Waals surface area contributed by atoms with Gasteiger partial charge in [-0.05, 0) is 30.3 Å². The third kappa shape index (κ3) is 3.48. The maximum atomic E-state index is 12.6. The molecule has 1 aliphatic rings. The Labute approximate surface area is 165 Å². The van der Waals surface area contributed by atoms with Gasteiger partial charge < -0.3 is 10.2 Å². The lowest BCUT2D eigenvalue weighted by molar-refractivity contribution is -0.126. The van der Waals surface area contributed by atoms with Gasteiger partial charge in [-0.2, -0.15) is 5.10 Å². The third-order valence-corrected chi connectivity index (χ3v) is 5.09. The molecular weight excluding hydrogens is 380 g/mol. The normalized spacial score (nSPS) is 16.5. The average molecular weight is 397 g/mol. The highest BCUT2D eigenvalue weighted by Crippen LogP contribution is 2.26. The van der Waals surface area contributed by atoms with Gasteiger partial charge in [0.15, 0.2) is 0 Å². The van der Waals surface area contributed by atoms with Crippen molar-refractivity contribution in [2.45, 2.75) is 13.0 Å². The standard InChI is InChI=1S/C20H17ClN4O3/c21-13-5-7-14(8-6-13)25-11-12(9-18(25)26)19(27)22-10-17-15-3-1-2-4-16(15)20(28)24-23-17/h1-8,12H,9-11H2,(H,22,27)(H,24,28). The van der Waals surface area contributed by atoms with Crippen LogP contribution in [0.2, 0.25) is 5.02 Å². The van der Waals surface area contributed by atoms with Crippen LogP contribution in [-0.4, -0.2) is 28.6 Å². The van der Waals surface area contributed by atoms with E-state index in [1.165, 1.54) is 0 Å². The average Bonchev–Trinajstić information content (AvgIpc) is 3.10. The molecule has 8 heteroatoms. The molecule has 1 fully saturated rings. The van der Waals surface area contributed by atoms with Crippen molar-refractivity contribution in [2.24, 2.45) is 5.92 Å². The van der Waals surface area contributed by atoms with Crippen LogP contribution in [-0.2, 0) is 16.1 Å². The number of aromatic amines is 1. The molecule has 0 bridgehead atoms. The number of H-pyrrole nitrogens is 1. The first-order valence-corrected chi connectivity index (χ1v) is 9.20. The van der Waals surface area contributed by atoms with E-state index in [9.17, 15) is 14.4 Å². The lowest BCUT2D eigenvalue weighted by Gasteiger charge is -2.16. The summed E-state index contributed by atoms with van der Waals surface area (Å²) in [6.45, 7) is 0.480. The predicted molar refractivity (Wildman–Crippen MR) is 106 cm³/mol. The first kappa shape index (κ1) is 18.2. The number of aromatic nitrogens is 2. The van der Waals surface area contributed by atoms with Crippen molar-refractivity contribution in [3.05, 3.63) is 69.6 Å². The van der Waals surface area contributed by atoms with Crippen LogP contribution in [0.15, 0.2) is 53.3 Å². The van der Waals surface area contributed by atoms with Crippen LogP contribution in [0.3, 0.4) is 0 Å². The van der Waals surface area contributed by atoms with E-state index in [1.54, 1.807) is 47.4 Å². The summed E-state index contributed by atoms with van der Waals surface area (Å²) in [4.78, 5) is 38.4. The van der Waals surface area contributed by atoms with Crippen molar-refractivity contribution in [2.75, 3.05) is 11.4 Å². The van der Waals surface area contributed by atoms with Crippen LogP contribution in [0.1, 0.15) is 12.1 Å². The highest BCUT2D eigenvalue weighted by Gasteiger charge is 2.35. The van der Waals surface area contributed by atoms with Crippen LogP contribution < -0.4 is 15.8 Å². The zero-order chi connectivity index (χ0) is 19.7. The van der Waals surface area contributed by atoms with Crippen LogP contribution in [0.4, 0.5) is 5.69 Å². The van der Waals surface area contributed by atoms with E-state index >= 15 is 0 Å². The molecular formula is C20H17ClN4O3. The highest BCUT2D eigenvalue weighted by atomic mass is 35.5. The van der Waals surface area contributed by atoms with E-state index in [1.807, 2.05) is 6.07 Å². The molecule has 1 aromatic heterocycles. The summed E-state index contributed by atoms with van der Waals surface area (Å²) in [7, 11) is 0. The Hall–Kier alpha value is -3.19. The second-order valence-corrected chi connectivity index (χ2v) is 7.08. The Kier molecular flexibility index (Phi) is 4.83. The minimum Gasteiger partial charge on any atom is -0.350 e. The summed E-state index contributed by atoms with van der Waals surface area (Å²) in [6, 6.07) is 14.0. The first-order valence-electron chi connectivity index (χ1n) is 8.83. The summed E-state index contributed by atoms with van der Waals surface area (Å²) in [5.41, 5.74) is 1.02. The molecule has 1 atom stereocenters. The molecule has 2 N–H and O–H groups in total. The van der Waals surface area contributed by atoms with Crippen molar-refractivity contribution < 1.29 is 9.59 Å². The molecule has 0 radical (unpaired) electrons. The van der Waals surface area contributed by atoms with Crippen LogP contribution in [0, 0.1) is 5.92 Å². The second kappa shape index (κ2) is 7.44. The number of nitrogens with zero attached hydrogens (tertiary/aromatic N) is 2. The minimum atomic E-state index is -0.447. The van der Waals surface area contributed by atoms with Gasteiger partial charge >= 0.3 is 0 Å². The van der Waals surface area contributed by atoms with Gasteiger partial charge in [0.25, 0.3) is 5.56 Å². The number of rotatable bonds is 4. The number of carbonyl (C=O) groups is 2. The Morgan fingerprint density at radius 2 is 1.86 bits per heavy atom. The molecule has 7 nitrogen and oxygen atoms in total. The highest BCUT2D eigenvalue weighted by molar-refractivity contribution is 6.30. The minimum absolute atomic E-state index is 0.102. The molecule has 3 aromatic rings. The molecule has 0 saturated carbocycles. The number of hydrogen-bond acceptors (Lipinski definition) is 4. The van der Waals surface area contributed by atoms with Crippen LogP contribution in [0.25, 0.3) is 10.8 Å². The monoisotopic (exact) mass is 396 g/mol. The third-order valence-electron chi connectivity index (χ3n) is 4.84. The second-order valence-electron chi connectivity index (χ2n) is 6.64. The predicted octanol–water partition coefficient (Wildman–Crippen LogP) is 2.25. The van der Waals surface area contributed by atoms with Gasteiger partial charge in [-0.1, -0.05) is 29.8 Å². The van der Waals surface area contributed by atoms with Crippen molar-refractivity contribution in [3.8, 4) is 0 Å². The zero-order valence-electron chi connectivity index (χ0n) is 14.8. The van der Waals surface area contributed by atoms with Crippen LogP contribution >= 0.6 is 11.6 Å². The van der Waals surface area contributed by atoms with Gasteiger partial charge in [0, 0.05) is 29.1 Å². The van der Waals surface area contributed by atoms with E-state index in [2.05, 4.69) is 15.5 Å². The van der Waals surface area contributed by atoms with Crippen molar-refractivity contribution in [3.63, 3.8) is 0 Å². The van der Waals surface area contributed by atoms with E-state index in [0.29, 0.717) is 28.0 Å². The number of hydrogen-bond donors (Lipinski definition) is 2. The van der Waals surface area contributed by atoms with Gasteiger partial charge in [-0.15, -0.1) is 0 Å². The smallest absolute Gasteiger partial charge is 0.272 e. The molecule has 0 spiro atoms. The fourth-order valence-electron chi connectivity index (χ4n) is 3.38. The molecule has 0 aliphatic carbocycles. The van der Waals surface area contributed by atoms with Crippen molar-refractivity contribution >= 4 is 39.9 Å². The molecule has 4 rings (SSSR count). The number of carbonyl (C=O) groups excluding carboxylic acids is 2. The maximum Gasteiger partial charge on any atom is 0.272 e. The summed E-state index contributed by atoms with van der Waals surface area (Å²) in [5, 5.41) is 11.1. The van der Waals surface area contributed by atoms with Gasteiger partial charge in [-0.3, -0.25) is 14.4 Å². The number of halogens is 1. The zero-order valence-corrected chi connectivity index (χ0v) is 15.6. The lowest BCUT2D eigenvalue weighted by Crippen LogP contribution is -2.33. The van der Waals surface area contributed by atoms with Gasteiger partial charge in [0.2, 0.25) is 11.8 Å². The largest absolute Gasteiger partial charge is 0.350 e. The van der Waals surface area contributed by atoms with E-state index in [4.69, 9.17) is 11.6 Å². The Balaban J connectivity index is 1.45. The molecule has 1 saturated heterocycles. The number of benzene rings is 2. The fraction of sp³-hybridized carbons (Fsp3) is 0.200. The van der Waals surface area contributed by atoms with Gasteiger partial charge in [0.05, 0.1) is 23.5 Å². The summed E-state index contributed by atoms with van der Waals surface area (Å²) in [6.07, 6.45) is 0.147.